The first-order valence-corrected chi connectivity index (χ1v) is 8.50. The number of aliphatic hydroxyl groups excluding tert-OH is 1. The summed E-state index contributed by atoms with van der Waals surface area (Å²) in [6, 6.07) is 0.354. The summed E-state index contributed by atoms with van der Waals surface area (Å²) in [5, 5.41) is 8.96. The van der Waals surface area contributed by atoms with Crippen LogP contribution in [0.4, 0.5) is 0 Å². The van der Waals surface area contributed by atoms with Crippen LogP contribution in [0.5, 0.6) is 0 Å². The van der Waals surface area contributed by atoms with E-state index in [-0.39, 0.29) is 12.0 Å². The van der Waals surface area contributed by atoms with Crippen molar-refractivity contribution in [2.24, 2.45) is 17.1 Å². The van der Waals surface area contributed by atoms with Crippen molar-refractivity contribution < 1.29 is 9.90 Å². The first-order chi connectivity index (χ1) is 9.90. The number of hydrogen-bond donors (Lipinski definition) is 2. The van der Waals surface area contributed by atoms with Gasteiger partial charge in [0.2, 0.25) is 5.91 Å². The molecule has 2 unspecified atom stereocenters. The maximum atomic E-state index is 12.5. The van der Waals surface area contributed by atoms with Crippen molar-refractivity contribution in [1.29, 1.82) is 0 Å². The molecule has 0 aliphatic carbocycles. The molecule has 21 heavy (non-hydrogen) atoms. The molecular formula is C17H34N2O2. The van der Waals surface area contributed by atoms with Gasteiger partial charge in [-0.15, -0.1) is 0 Å². The fourth-order valence-corrected chi connectivity index (χ4v) is 3.44. The lowest BCUT2D eigenvalue weighted by Gasteiger charge is -2.31. The summed E-state index contributed by atoms with van der Waals surface area (Å²) in [7, 11) is 0. The van der Waals surface area contributed by atoms with Gasteiger partial charge in [0.1, 0.15) is 0 Å². The van der Waals surface area contributed by atoms with Crippen LogP contribution in [-0.2, 0) is 4.79 Å². The summed E-state index contributed by atoms with van der Waals surface area (Å²) in [6.07, 6.45) is 6.50. The van der Waals surface area contributed by atoms with Crippen molar-refractivity contribution in [3.63, 3.8) is 0 Å². The smallest absolute Gasteiger partial charge is 0.222 e. The zero-order chi connectivity index (χ0) is 15.9. The largest absolute Gasteiger partial charge is 0.396 e. The molecule has 1 aliphatic rings. The minimum absolute atomic E-state index is 0.209. The van der Waals surface area contributed by atoms with E-state index in [1.807, 2.05) is 0 Å². The van der Waals surface area contributed by atoms with Gasteiger partial charge < -0.3 is 15.7 Å². The van der Waals surface area contributed by atoms with E-state index in [0.717, 1.165) is 45.1 Å². The number of hydrogen-bond acceptors (Lipinski definition) is 3. The molecule has 1 amide bonds. The maximum Gasteiger partial charge on any atom is 0.222 e. The number of nitrogens with zero attached hydrogens (tertiary/aromatic N) is 1. The zero-order valence-corrected chi connectivity index (χ0v) is 14.1. The van der Waals surface area contributed by atoms with Gasteiger partial charge in [0.05, 0.1) is 0 Å². The summed E-state index contributed by atoms with van der Waals surface area (Å²) in [6.45, 7) is 8.51. The number of amides is 1. The van der Waals surface area contributed by atoms with Crippen molar-refractivity contribution in [2.75, 3.05) is 19.7 Å². The molecule has 0 bridgehead atoms. The van der Waals surface area contributed by atoms with Gasteiger partial charge in [-0.1, -0.05) is 20.8 Å². The van der Waals surface area contributed by atoms with E-state index in [0.29, 0.717) is 30.8 Å². The van der Waals surface area contributed by atoms with Crippen molar-refractivity contribution >= 4 is 5.91 Å². The van der Waals surface area contributed by atoms with Crippen LogP contribution in [0.25, 0.3) is 0 Å². The van der Waals surface area contributed by atoms with Crippen LogP contribution in [-0.4, -0.2) is 41.7 Å². The summed E-state index contributed by atoms with van der Waals surface area (Å²) in [5.74, 6) is 0.798. The highest BCUT2D eigenvalue weighted by molar-refractivity contribution is 5.76. The van der Waals surface area contributed by atoms with Gasteiger partial charge in [-0.05, 0) is 56.4 Å². The molecule has 0 radical (unpaired) electrons. The van der Waals surface area contributed by atoms with Crippen molar-refractivity contribution in [1.82, 2.24) is 4.90 Å². The second-order valence-electron chi connectivity index (χ2n) is 7.43. The number of carbonyl (C=O) groups excluding carboxylic acids is 1. The number of rotatable bonds is 8. The van der Waals surface area contributed by atoms with Gasteiger partial charge in [-0.2, -0.15) is 0 Å². The highest BCUT2D eigenvalue weighted by Crippen LogP contribution is 2.33. The third kappa shape index (κ3) is 5.95. The zero-order valence-electron chi connectivity index (χ0n) is 14.1. The molecule has 4 heteroatoms. The lowest BCUT2D eigenvalue weighted by Crippen LogP contribution is -2.36. The second-order valence-corrected chi connectivity index (χ2v) is 7.43. The van der Waals surface area contributed by atoms with E-state index < -0.39 is 0 Å². The summed E-state index contributed by atoms with van der Waals surface area (Å²) in [5.41, 5.74) is 5.92. The summed E-state index contributed by atoms with van der Waals surface area (Å²) >= 11 is 0. The summed E-state index contributed by atoms with van der Waals surface area (Å²) in [4.78, 5) is 14.5. The molecule has 0 aromatic heterocycles. The van der Waals surface area contributed by atoms with Crippen molar-refractivity contribution in [2.45, 2.75) is 71.8 Å². The molecule has 0 saturated carbocycles. The lowest BCUT2D eigenvalue weighted by molar-refractivity contribution is -0.132. The van der Waals surface area contributed by atoms with E-state index in [4.69, 9.17) is 10.8 Å². The van der Waals surface area contributed by atoms with E-state index in [2.05, 4.69) is 25.7 Å². The highest BCUT2D eigenvalue weighted by atomic mass is 16.3. The van der Waals surface area contributed by atoms with Crippen LogP contribution in [0.1, 0.15) is 65.7 Å². The molecule has 1 rings (SSSR count). The fraction of sp³-hybridized carbons (Fsp3) is 0.941. The molecule has 4 nitrogen and oxygen atoms in total. The van der Waals surface area contributed by atoms with Crippen LogP contribution in [0.2, 0.25) is 0 Å². The number of carbonyl (C=O) groups is 1. The quantitative estimate of drug-likeness (QED) is 0.723. The normalized spacial score (nSPS) is 20.8. The van der Waals surface area contributed by atoms with Crippen LogP contribution in [0, 0.1) is 11.3 Å². The Morgan fingerprint density at radius 1 is 1.38 bits per heavy atom. The van der Waals surface area contributed by atoms with Gasteiger partial charge in [0.15, 0.2) is 0 Å². The number of nitrogens with two attached hydrogens (primary N) is 1. The van der Waals surface area contributed by atoms with Crippen LogP contribution in [0.3, 0.4) is 0 Å². The molecule has 3 N–H and O–H groups in total. The van der Waals surface area contributed by atoms with E-state index >= 15 is 0 Å². The van der Waals surface area contributed by atoms with E-state index in [1.54, 1.807) is 0 Å². The van der Waals surface area contributed by atoms with Gasteiger partial charge in [0.25, 0.3) is 0 Å². The molecule has 1 aliphatic heterocycles. The third-order valence-corrected chi connectivity index (χ3v) is 4.84. The Morgan fingerprint density at radius 3 is 2.67 bits per heavy atom. The third-order valence-electron chi connectivity index (χ3n) is 4.84. The first-order valence-electron chi connectivity index (χ1n) is 8.50. The second kappa shape index (κ2) is 8.74. The molecule has 0 spiro atoms. The molecule has 1 heterocycles. The Bertz CT molecular complexity index is 312. The van der Waals surface area contributed by atoms with Crippen molar-refractivity contribution in [3.8, 4) is 0 Å². The monoisotopic (exact) mass is 298 g/mol. The Balaban J connectivity index is 2.47. The first kappa shape index (κ1) is 18.4. The Hall–Kier alpha value is -0.610. The average molecular weight is 298 g/mol. The molecular weight excluding hydrogens is 264 g/mol. The van der Waals surface area contributed by atoms with Gasteiger partial charge in [0, 0.05) is 25.6 Å². The highest BCUT2D eigenvalue weighted by Gasteiger charge is 2.30. The molecule has 1 fully saturated rings. The molecule has 2 atom stereocenters. The fourth-order valence-electron chi connectivity index (χ4n) is 3.44. The van der Waals surface area contributed by atoms with E-state index in [1.165, 1.54) is 0 Å². The number of aliphatic hydroxyl groups is 1. The maximum absolute atomic E-state index is 12.5. The molecule has 124 valence electrons. The predicted octanol–water partition coefficient (Wildman–Crippen LogP) is 2.54. The Morgan fingerprint density at radius 2 is 2.10 bits per heavy atom. The Labute approximate surface area is 130 Å². The van der Waals surface area contributed by atoms with Gasteiger partial charge in [-0.25, -0.2) is 0 Å². The standard InChI is InChI=1S/C17H34N2O2/c1-17(2,3)14(10-11-18)8-9-16(21)19-12-4-6-15(19)7-5-13-20/h14-15,20H,4-13,18H2,1-3H3. The SMILES string of the molecule is CC(C)(C)C(CCN)CCC(=O)N1CCCC1CCCO. The predicted molar refractivity (Wildman–Crippen MR) is 86.9 cm³/mol. The van der Waals surface area contributed by atoms with Crippen molar-refractivity contribution in [3.05, 3.63) is 0 Å². The Kier molecular flexibility index (Phi) is 7.67. The topological polar surface area (TPSA) is 66.6 Å². The lowest BCUT2D eigenvalue weighted by atomic mass is 9.76. The minimum Gasteiger partial charge on any atom is -0.396 e. The van der Waals surface area contributed by atoms with Gasteiger partial charge in [-0.3, -0.25) is 4.79 Å². The molecule has 0 aromatic carbocycles. The molecule has 1 saturated heterocycles. The summed E-state index contributed by atoms with van der Waals surface area (Å²) < 4.78 is 0. The van der Waals surface area contributed by atoms with Crippen LogP contribution in [0.15, 0.2) is 0 Å². The van der Waals surface area contributed by atoms with Crippen LogP contribution < -0.4 is 5.73 Å². The van der Waals surface area contributed by atoms with Crippen LogP contribution >= 0.6 is 0 Å². The average Bonchev–Trinajstić information content (AvgIpc) is 2.87. The van der Waals surface area contributed by atoms with Gasteiger partial charge >= 0.3 is 0 Å². The molecule has 0 aromatic rings. The minimum atomic E-state index is 0.209. The number of likely N-dealkylation sites (tertiary alicyclic amines) is 1. The van der Waals surface area contributed by atoms with E-state index in [9.17, 15) is 4.79 Å².